The van der Waals surface area contributed by atoms with E-state index in [2.05, 4.69) is 9.97 Å². The molecular weight excluding hydrogens is 252 g/mol. The number of hydrogen-bond donors (Lipinski definition) is 1. The zero-order valence-corrected chi connectivity index (χ0v) is 11.7. The van der Waals surface area contributed by atoms with Crippen LogP contribution in [0.1, 0.15) is 28.7 Å². The molecular formula is C15H18N4O. The van der Waals surface area contributed by atoms with Crippen LogP contribution in [0, 0.1) is 6.92 Å². The fraction of sp³-hybridized carbons (Fsp3) is 0.267. The number of carbonyl (C=O) groups is 1. The van der Waals surface area contributed by atoms with Gasteiger partial charge in [0, 0.05) is 24.0 Å². The van der Waals surface area contributed by atoms with Gasteiger partial charge in [-0.05, 0) is 38.1 Å². The maximum atomic E-state index is 12.4. The summed E-state index contributed by atoms with van der Waals surface area (Å²) in [5, 5.41) is 0. The van der Waals surface area contributed by atoms with Crippen molar-refractivity contribution in [2.75, 3.05) is 12.3 Å². The summed E-state index contributed by atoms with van der Waals surface area (Å²) in [6, 6.07) is 9.06. The van der Waals surface area contributed by atoms with Crippen LogP contribution >= 0.6 is 0 Å². The molecule has 2 aromatic heterocycles. The van der Waals surface area contributed by atoms with Gasteiger partial charge in [-0.15, -0.1) is 0 Å². The normalized spacial score (nSPS) is 10.3. The number of nitrogens with zero attached hydrogens (tertiary/aromatic N) is 3. The van der Waals surface area contributed by atoms with Crippen molar-refractivity contribution >= 4 is 11.7 Å². The van der Waals surface area contributed by atoms with Crippen molar-refractivity contribution in [1.29, 1.82) is 0 Å². The highest BCUT2D eigenvalue weighted by Gasteiger charge is 2.15. The molecule has 0 spiro atoms. The van der Waals surface area contributed by atoms with Crippen LogP contribution in [0.25, 0.3) is 0 Å². The summed E-state index contributed by atoms with van der Waals surface area (Å²) in [5.41, 5.74) is 7.99. The predicted octanol–water partition coefficient (Wildman–Crippen LogP) is 2.03. The Bertz CT molecular complexity index is 612. The molecule has 2 rings (SSSR count). The second-order valence-corrected chi connectivity index (χ2v) is 4.56. The van der Waals surface area contributed by atoms with Gasteiger partial charge < -0.3 is 10.6 Å². The van der Waals surface area contributed by atoms with Gasteiger partial charge in [0.05, 0.1) is 12.2 Å². The predicted molar refractivity (Wildman–Crippen MR) is 78.0 cm³/mol. The third kappa shape index (κ3) is 3.32. The van der Waals surface area contributed by atoms with Crippen molar-refractivity contribution in [3.63, 3.8) is 0 Å². The summed E-state index contributed by atoms with van der Waals surface area (Å²) in [5.74, 6) is 0.283. The van der Waals surface area contributed by atoms with Crippen LogP contribution < -0.4 is 5.73 Å². The molecule has 5 nitrogen and oxygen atoms in total. The minimum absolute atomic E-state index is 0.0649. The van der Waals surface area contributed by atoms with Crippen LogP contribution in [0.3, 0.4) is 0 Å². The molecule has 5 heteroatoms. The van der Waals surface area contributed by atoms with E-state index < -0.39 is 0 Å². The van der Waals surface area contributed by atoms with Crippen LogP contribution in [-0.2, 0) is 6.54 Å². The SMILES string of the molecule is CCN(Cc1cccc(C)n1)C(=O)c1ccnc(N)c1. The van der Waals surface area contributed by atoms with Crippen LogP contribution in [0.5, 0.6) is 0 Å². The summed E-state index contributed by atoms with van der Waals surface area (Å²) in [6.45, 7) is 4.97. The van der Waals surface area contributed by atoms with Gasteiger partial charge in [-0.3, -0.25) is 9.78 Å². The largest absolute Gasteiger partial charge is 0.384 e. The molecule has 0 aliphatic heterocycles. The molecule has 0 aromatic carbocycles. The van der Waals surface area contributed by atoms with E-state index >= 15 is 0 Å². The summed E-state index contributed by atoms with van der Waals surface area (Å²) in [4.78, 5) is 22.5. The number of hydrogen-bond acceptors (Lipinski definition) is 4. The van der Waals surface area contributed by atoms with Crippen molar-refractivity contribution in [3.8, 4) is 0 Å². The Morgan fingerprint density at radius 2 is 2.15 bits per heavy atom. The number of aromatic nitrogens is 2. The highest BCUT2D eigenvalue weighted by atomic mass is 16.2. The van der Waals surface area contributed by atoms with Crippen molar-refractivity contribution in [2.24, 2.45) is 0 Å². The maximum Gasteiger partial charge on any atom is 0.254 e. The molecule has 0 aliphatic carbocycles. The number of anilines is 1. The van der Waals surface area contributed by atoms with E-state index in [0.29, 0.717) is 24.5 Å². The molecule has 0 radical (unpaired) electrons. The van der Waals surface area contributed by atoms with Crippen LogP contribution in [0.4, 0.5) is 5.82 Å². The number of nitrogen functional groups attached to an aromatic ring is 1. The third-order valence-electron chi connectivity index (χ3n) is 3.00. The molecule has 0 unspecified atom stereocenters. The van der Waals surface area contributed by atoms with Crippen LogP contribution in [0.15, 0.2) is 36.5 Å². The zero-order chi connectivity index (χ0) is 14.5. The van der Waals surface area contributed by atoms with Crippen molar-refractivity contribution in [2.45, 2.75) is 20.4 Å². The number of aryl methyl sites for hydroxylation is 1. The maximum absolute atomic E-state index is 12.4. The average molecular weight is 270 g/mol. The topological polar surface area (TPSA) is 72.1 Å². The van der Waals surface area contributed by atoms with E-state index in [9.17, 15) is 4.79 Å². The number of carbonyl (C=O) groups excluding carboxylic acids is 1. The fourth-order valence-electron chi connectivity index (χ4n) is 1.97. The second-order valence-electron chi connectivity index (χ2n) is 4.56. The smallest absolute Gasteiger partial charge is 0.254 e. The van der Waals surface area contributed by atoms with E-state index in [0.717, 1.165) is 11.4 Å². The lowest BCUT2D eigenvalue weighted by Gasteiger charge is -2.20. The molecule has 104 valence electrons. The van der Waals surface area contributed by atoms with Crippen LogP contribution in [0.2, 0.25) is 0 Å². The number of amides is 1. The fourth-order valence-corrected chi connectivity index (χ4v) is 1.97. The van der Waals surface area contributed by atoms with Gasteiger partial charge in [0.25, 0.3) is 5.91 Å². The summed E-state index contributed by atoms with van der Waals surface area (Å²) in [7, 11) is 0. The van der Waals surface area contributed by atoms with Crippen LogP contribution in [-0.4, -0.2) is 27.3 Å². The first-order valence-electron chi connectivity index (χ1n) is 6.53. The second kappa shape index (κ2) is 6.14. The van der Waals surface area contributed by atoms with E-state index in [1.54, 1.807) is 23.2 Å². The summed E-state index contributed by atoms with van der Waals surface area (Å²) < 4.78 is 0. The van der Waals surface area contributed by atoms with Gasteiger partial charge in [0.15, 0.2) is 0 Å². The number of rotatable bonds is 4. The van der Waals surface area contributed by atoms with Crippen molar-refractivity contribution < 1.29 is 4.79 Å². The quantitative estimate of drug-likeness (QED) is 0.922. The standard InChI is InChI=1S/C15H18N4O/c1-3-19(10-13-6-4-5-11(2)18-13)15(20)12-7-8-17-14(16)9-12/h4-9H,3,10H2,1-2H3,(H2,16,17). The minimum Gasteiger partial charge on any atom is -0.384 e. The van der Waals surface area contributed by atoms with Gasteiger partial charge in [0.1, 0.15) is 5.82 Å². The van der Waals surface area contributed by atoms with Gasteiger partial charge in [-0.1, -0.05) is 6.07 Å². The highest BCUT2D eigenvalue weighted by Crippen LogP contribution is 2.10. The molecule has 2 aromatic rings. The molecule has 1 amide bonds. The van der Waals surface area contributed by atoms with Gasteiger partial charge in [-0.2, -0.15) is 0 Å². The zero-order valence-electron chi connectivity index (χ0n) is 11.7. The molecule has 0 saturated carbocycles. The first-order valence-corrected chi connectivity index (χ1v) is 6.53. The summed E-state index contributed by atoms with van der Waals surface area (Å²) >= 11 is 0. The molecule has 20 heavy (non-hydrogen) atoms. The van der Waals surface area contributed by atoms with Gasteiger partial charge >= 0.3 is 0 Å². The first-order chi connectivity index (χ1) is 9.60. The Morgan fingerprint density at radius 3 is 2.80 bits per heavy atom. The Labute approximate surface area is 118 Å². The Balaban J connectivity index is 2.18. The third-order valence-corrected chi connectivity index (χ3v) is 3.00. The van der Waals surface area contributed by atoms with E-state index in [-0.39, 0.29) is 5.91 Å². The Hall–Kier alpha value is -2.43. The molecule has 0 aliphatic rings. The lowest BCUT2D eigenvalue weighted by atomic mass is 10.2. The molecule has 0 atom stereocenters. The number of nitrogens with two attached hydrogens (primary N) is 1. The molecule has 2 heterocycles. The Morgan fingerprint density at radius 1 is 1.35 bits per heavy atom. The number of pyridine rings is 2. The van der Waals surface area contributed by atoms with E-state index in [1.807, 2.05) is 32.0 Å². The minimum atomic E-state index is -0.0649. The lowest BCUT2D eigenvalue weighted by molar-refractivity contribution is 0.0750. The first kappa shape index (κ1) is 14.0. The molecule has 0 bridgehead atoms. The van der Waals surface area contributed by atoms with Crippen molar-refractivity contribution in [3.05, 3.63) is 53.5 Å². The van der Waals surface area contributed by atoms with E-state index in [4.69, 9.17) is 5.73 Å². The van der Waals surface area contributed by atoms with Gasteiger partial charge in [0.2, 0.25) is 0 Å². The monoisotopic (exact) mass is 270 g/mol. The van der Waals surface area contributed by atoms with Gasteiger partial charge in [-0.25, -0.2) is 4.98 Å². The Kier molecular flexibility index (Phi) is 4.30. The molecule has 0 saturated heterocycles. The lowest BCUT2D eigenvalue weighted by Crippen LogP contribution is -2.30. The average Bonchev–Trinajstić information content (AvgIpc) is 2.44. The van der Waals surface area contributed by atoms with Crippen molar-refractivity contribution in [1.82, 2.24) is 14.9 Å². The summed E-state index contributed by atoms with van der Waals surface area (Å²) in [6.07, 6.45) is 1.54. The molecule has 0 fully saturated rings. The molecule has 2 N–H and O–H groups in total. The highest BCUT2D eigenvalue weighted by molar-refractivity contribution is 5.94. The van der Waals surface area contributed by atoms with E-state index in [1.165, 1.54) is 0 Å².